The molecule has 0 saturated heterocycles. The summed E-state index contributed by atoms with van der Waals surface area (Å²) in [6, 6.07) is 5.60. The lowest BCUT2D eigenvalue weighted by molar-refractivity contribution is -0.142. The molecule has 18 heavy (non-hydrogen) atoms. The molecule has 0 aliphatic heterocycles. The lowest BCUT2D eigenvalue weighted by Gasteiger charge is -2.11. The van der Waals surface area contributed by atoms with Crippen LogP contribution in [0.3, 0.4) is 0 Å². The quantitative estimate of drug-likeness (QED) is 0.908. The standard InChI is InChI=1S/C13H12ClNO2S/c14-7-4-5-10-11(6-7)18-12(15-10)8-2-1-3-9(8)13(16)17/h4-6,8-9H,1-3H2,(H,16,17). The van der Waals surface area contributed by atoms with Crippen molar-refractivity contribution < 1.29 is 9.90 Å². The first-order valence-electron chi connectivity index (χ1n) is 5.94. The van der Waals surface area contributed by atoms with Crippen LogP contribution in [0.1, 0.15) is 30.2 Å². The minimum atomic E-state index is -0.699. The highest BCUT2D eigenvalue weighted by atomic mass is 35.5. The molecular formula is C13H12ClNO2S. The van der Waals surface area contributed by atoms with Crippen molar-refractivity contribution in [2.45, 2.75) is 25.2 Å². The van der Waals surface area contributed by atoms with Gasteiger partial charge in [-0.1, -0.05) is 18.0 Å². The number of carboxylic acids is 1. The van der Waals surface area contributed by atoms with Crippen LogP contribution < -0.4 is 0 Å². The zero-order valence-electron chi connectivity index (χ0n) is 9.60. The lowest BCUT2D eigenvalue weighted by Crippen LogP contribution is -2.16. The normalized spacial score (nSPS) is 23.6. The number of fused-ring (bicyclic) bond motifs is 1. The summed E-state index contributed by atoms with van der Waals surface area (Å²) in [5, 5.41) is 10.9. The Morgan fingerprint density at radius 3 is 3.06 bits per heavy atom. The first kappa shape index (κ1) is 11.9. The Bertz CT molecular complexity index is 610. The number of rotatable bonds is 2. The number of halogens is 1. The fourth-order valence-electron chi connectivity index (χ4n) is 2.63. The summed E-state index contributed by atoms with van der Waals surface area (Å²) >= 11 is 7.52. The van der Waals surface area contributed by atoms with Crippen LogP contribution in [0.25, 0.3) is 10.2 Å². The van der Waals surface area contributed by atoms with Gasteiger partial charge in [0.2, 0.25) is 0 Å². The molecule has 1 saturated carbocycles. The molecule has 0 amide bonds. The number of nitrogens with zero attached hydrogens (tertiary/aromatic N) is 1. The summed E-state index contributed by atoms with van der Waals surface area (Å²) in [5.74, 6) is -0.908. The second-order valence-corrected chi connectivity index (χ2v) is 6.14. The Kier molecular flexibility index (Phi) is 2.99. The lowest BCUT2D eigenvalue weighted by atomic mass is 9.97. The Hall–Kier alpha value is -1.13. The summed E-state index contributed by atoms with van der Waals surface area (Å²) in [4.78, 5) is 15.8. The smallest absolute Gasteiger partial charge is 0.307 e. The molecule has 0 radical (unpaired) electrons. The van der Waals surface area contributed by atoms with Gasteiger partial charge in [0.1, 0.15) is 0 Å². The largest absolute Gasteiger partial charge is 0.481 e. The minimum absolute atomic E-state index is 0.0682. The summed E-state index contributed by atoms with van der Waals surface area (Å²) in [6.45, 7) is 0. The van der Waals surface area contributed by atoms with E-state index in [-0.39, 0.29) is 11.8 Å². The zero-order valence-corrected chi connectivity index (χ0v) is 11.2. The number of hydrogen-bond donors (Lipinski definition) is 1. The maximum atomic E-state index is 11.2. The van der Waals surface area contributed by atoms with Crippen molar-refractivity contribution in [3.63, 3.8) is 0 Å². The molecule has 1 aliphatic rings. The van der Waals surface area contributed by atoms with Crippen molar-refractivity contribution in [3.05, 3.63) is 28.2 Å². The second-order valence-electron chi connectivity index (χ2n) is 4.65. The van der Waals surface area contributed by atoms with Gasteiger partial charge in [0.25, 0.3) is 0 Å². The van der Waals surface area contributed by atoms with Crippen LogP contribution in [-0.2, 0) is 4.79 Å². The Labute approximate surface area is 113 Å². The van der Waals surface area contributed by atoms with E-state index in [4.69, 9.17) is 11.6 Å². The molecular weight excluding hydrogens is 270 g/mol. The average Bonchev–Trinajstić information content (AvgIpc) is 2.93. The first-order valence-corrected chi connectivity index (χ1v) is 7.13. The first-order chi connectivity index (χ1) is 8.65. The molecule has 1 heterocycles. The molecule has 1 N–H and O–H groups in total. The molecule has 1 fully saturated rings. The third-order valence-corrected chi connectivity index (χ3v) is 4.90. The van der Waals surface area contributed by atoms with Gasteiger partial charge in [-0.25, -0.2) is 4.98 Å². The van der Waals surface area contributed by atoms with Crippen molar-refractivity contribution in [2.75, 3.05) is 0 Å². The number of carbonyl (C=O) groups is 1. The molecule has 1 aliphatic carbocycles. The summed E-state index contributed by atoms with van der Waals surface area (Å²) < 4.78 is 1.04. The van der Waals surface area contributed by atoms with E-state index in [1.54, 1.807) is 11.3 Å². The molecule has 1 aromatic carbocycles. The molecule has 2 atom stereocenters. The highest BCUT2D eigenvalue weighted by Crippen LogP contribution is 2.42. The molecule has 94 valence electrons. The molecule has 1 aromatic heterocycles. The van der Waals surface area contributed by atoms with Crippen LogP contribution in [0, 0.1) is 5.92 Å². The topological polar surface area (TPSA) is 50.2 Å². The van der Waals surface area contributed by atoms with Crippen molar-refractivity contribution in [2.24, 2.45) is 5.92 Å². The molecule has 3 nitrogen and oxygen atoms in total. The van der Waals surface area contributed by atoms with E-state index in [2.05, 4.69) is 4.98 Å². The van der Waals surface area contributed by atoms with Crippen molar-refractivity contribution in [1.29, 1.82) is 0 Å². The Morgan fingerprint density at radius 2 is 2.28 bits per heavy atom. The summed E-state index contributed by atoms with van der Waals surface area (Å²) in [6.07, 6.45) is 2.65. The van der Waals surface area contributed by atoms with Crippen LogP contribution in [0.15, 0.2) is 18.2 Å². The second kappa shape index (κ2) is 4.52. The molecule has 0 bridgehead atoms. The predicted octanol–water partition coefficient (Wildman–Crippen LogP) is 3.92. The SMILES string of the molecule is O=C(O)C1CCCC1c1nc2ccc(Cl)cc2s1. The van der Waals surface area contributed by atoms with E-state index >= 15 is 0 Å². The molecule has 3 rings (SSSR count). The highest BCUT2D eigenvalue weighted by molar-refractivity contribution is 7.18. The summed E-state index contributed by atoms with van der Waals surface area (Å²) in [5.41, 5.74) is 0.912. The van der Waals surface area contributed by atoms with Gasteiger partial charge in [-0.05, 0) is 31.0 Å². The molecule has 0 spiro atoms. The predicted molar refractivity (Wildman–Crippen MR) is 72.3 cm³/mol. The monoisotopic (exact) mass is 281 g/mol. The van der Waals surface area contributed by atoms with E-state index in [1.807, 2.05) is 18.2 Å². The third kappa shape index (κ3) is 1.99. The number of benzene rings is 1. The third-order valence-electron chi connectivity index (χ3n) is 3.52. The van der Waals surface area contributed by atoms with Gasteiger partial charge in [-0.15, -0.1) is 11.3 Å². The number of aliphatic carboxylic acids is 1. The van der Waals surface area contributed by atoms with Crippen molar-refractivity contribution in [1.82, 2.24) is 4.98 Å². The van der Waals surface area contributed by atoms with Gasteiger partial charge in [-0.3, -0.25) is 4.79 Å². The van der Waals surface area contributed by atoms with E-state index in [9.17, 15) is 9.90 Å². The van der Waals surface area contributed by atoms with Gasteiger partial charge in [0, 0.05) is 10.9 Å². The van der Waals surface area contributed by atoms with E-state index in [0.29, 0.717) is 5.02 Å². The fourth-order valence-corrected chi connectivity index (χ4v) is 4.07. The Balaban J connectivity index is 2.01. The van der Waals surface area contributed by atoms with Crippen LogP contribution >= 0.6 is 22.9 Å². The zero-order chi connectivity index (χ0) is 12.7. The average molecular weight is 282 g/mol. The molecule has 2 unspecified atom stereocenters. The fraction of sp³-hybridized carbons (Fsp3) is 0.385. The van der Waals surface area contributed by atoms with Gasteiger partial charge in [0.05, 0.1) is 21.1 Å². The minimum Gasteiger partial charge on any atom is -0.481 e. The van der Waals surface area contributed by atoms with Gasteiger partial charge in [0.15, 0.2) is 0 Å². The van der Waals surface area contributed by atoms with E-state index in [1.165, 1.54) is 0 Å². The van der Waals surface area contributed by atoms with Crippen LogP contribution in [0.2, 0.25) is 5.02 Å². The van der Waals surface area contributed by atoms with Crippen LogP contribution in [-0.4, -0.2) is 16.1 Å². The molecule has 5 heteroatoms. The van der Waals surface area contributed by atoms with Gasteiger partial charge >= 0.3 is 5.97 Å². The van der Waals surface area contributed by atoms with E-state index in [0.717, 1.165) is 34.5 Å². The maximum Gasteiger partial charge on any atom is 0.307 e. The van der Waals surface area contributed by atoms with Gasteiger partial charge in [-0.2, -0.15) is 0 Å². The number of aromatic nitrogens is 1. The number of hydrogen-bond acceptors (Lipinski definition) is 3. The van der Waals surface area contributed by atoms with Crippen molar-refractivity contribution in [3.8, 4) is 0 Å². The maximum absolute atomic E-state index is 11.2. The highest BCUT2D eigenvalue weighted by Gasteiger charge is 2.35. The molecule has 2 aromatic rings. The number of carboxylic acid groups (broad SMARTS) is 1. The van der Waals surface area contributed by atoms with E-state index < -0.39 is 5.97 Å². The summed E-state index contributed by atoms with van der Waals surface area (Å²) in [7, 11) is 0. The van der Waals surface area contributed by atoms with Crippen molar-refractivity contribution >= 4 is 39.1 Å². The number of thiazole rings is 1. The Morgan fingerprint density at radius 1 is 1.44 bits per heavy atom. The van der Waals surface area contributed by atoms with Crippen LogP contribution in [0.5, 0.6) is 0 Å². The van der Waals surface area contributed by atoms with Gasteiger partial charge < -0.3 is 5.11 Å². The van der Waals surface area contributed by atoms with Crippen LogP contribution in [0.4, 0.5) is 0 Å².